The van der Waals surface area contributed by atoms with Crippen molar-refractivity contribution < 1.29 is 4.79 Å². The van der Waals surface area contributed by atoms with Gasteiger partial charge in [-0.25, -0.2) is 0 Å². The van der Waals surface area contributed by atoms with E-state index in [1.54, 1.807) is 11.3 Å². The number of hydrogen-bond acceptors (Lipinski definition) is 3. The first-order valence-electron chi connectivity index (χ1n) is 6.93. The average Bonchev–Trinajstić information content (AvgIpc) is 2.74. The summed E-state index contributed by atoms with van der Waals surface area (Å²) in [6, 6.07) is 7.82. The van der Waals surface area contributed by atoms with Crippen molar-refractivity contribution in [3.8, 4) is 0 Å². The number of amides is 1. The Labute approximate surface area is 122 Å². The summed E-state index contributed by atoms with van der Waals surface area (Å²) in [6.45, 7) is 2.01. The van der Waals surface area contributed by atoms with Crippen molar-refractivity contribution in [3.05, 3.63) is 45.8 Å². The molecule has 0 spiro atoms. The monoisotopic (exact) mass is 286 g/mol. The molecule has 0 aliphatic heterocycles. The van der Waals surface area contributed by atoms with E-state index in [9.17, 15) is 4.79 Å². The molecule has 0 saturated carbocycles. The molecule has 0 radical (unpaired) electrons. The van der Waals surface area contributed by atoms with Gasteiger partial charge in [-0.2, -0.15) is 0 Å². The third-order valence-electron chi connectivity index (χ3n) is 3.70. The minimum atomic E-state index is -0.0764. The molecule has 1 heterocycles. The molecule has 1 aromatic carbocycles. The van der Waals surface area contributed by atoms with E-state index in [1.165, 1.54) is 16.9 Å². The van der Waals surface area contributed by atoms with E-state index < -0.39 is 0 Å². The summed E-state index contributed by atoms with van der Waals surface area (Å²) in [5.74, 6) is -0.0764. The van der Waals surface area contributed by atoms with Crippen LogP contribution in [-0.2, 0) is 12.8 Å². The lowest BCUT2D eigenvalue weighted by Crippen LogP contribution is -2.16. The molecule has 0 fully saturated rings. The number of aryl methyl sites for hydroxylation is 2. The fourth-order valence-corrected chi connectivity index (χ4v) is 3.91. The number of anilines is 2. The molecule has 1 aliphatic carbocycles. The van der Waals surface area contributed by atoms with Crippen LogP contribution >= 0.6 is 11.3 Å². The zero-order valence-electron chi connectivity index (χ0n) is 11.5. The second-order valence-electron chi connectivity index (χ2n) is 5.27. The molecule has 104 valence electrons. The molecule has 0 bridgehead atoms. The van der Waals surface area contributed by atoms with Gasteiger partial charge >= 0.3 is 0 Å². The molecule has 3 N–H and O–H groups in total. The summed E-state index contributed by atoms with van der Waals surface area (Å²) in [6.07, 6.45) is 4.38. The number of benzene rings is 1. The topological polar surface area (TPSA) is 55.1 Å². The number of thiophene rings is 1. The van der Waals surface area contributed by atoms with Gasteiger partial charge in [-0.1, -0.05) is 12.1 Å². The zero-order valence-corrected chi connectivity index (χ0v) is 12.3. The summed E-state index contributed by atoms with van der Waals surface area (Å²) in [7, 11) is 0. The highest BCUT2D eigenvalue weighted by Crippen LogP contribution is 2.36. The van der Waals surface area contributed by atoms with Crippen LogP contribution in [0.5, 0.6) is 0 Å². The van der Waals surface area contributed by atoms with Crippen molar-refractivity contribution in [2.75, 3.05) is 11.1 Å². The lowest BCUT2D eigenvalue weighted by Gasteiger charge is -2.13. The van der Waals surface area contributed by atoms with Crippen LogP contribution < -0.4 is 11.1 Å². The molecule has 1 amide bonds. The maximum atomic E-state index is 12.5. The van der Waals surface area contributed by atoms with E-state index in [0.717, 1.165) is 30.5 Å². The lowest BCUT2D eigenvalue weighted by atomic mass is 9.95. The molecule has 0 atom stereocenters. The Morgan fingerprint density at radius 3 is 2.90 bits per heavy atom. The van der Waals surface area contributed by atoms with Gasteiger partial charge in [-0.05, 0) is 55.9 Å². The summed E-state index contributed by atoms with van der Waals surface area (Å²) in [4.78, 5) is 13.8. The largest absolute Gasteiger partial charge is 0.390 e. The van der Waals surface area contributed by atoms with Gasteiger partial charge in [0.25, 0.3) is 5.91 Å². The Bertz CT molecular complexity index is 660. The summed E-state index contributed by atoms with van der Waals surface area (Å²) in [5, 5.41) is 3.62. The zero-order chi connectivity index (χ0) is 14.1. The van der Waals surface area contributed by atoms with Gasteiger partial charge in [0.15, 0.2) is 0 Å². The van der Waals surface area contributed by atoms with Crippen molar-refractivity contribution in [2.24, 2.45) is 0 Å². The van der Waals surface area contributed by atoms with E-state index in [0.29, 0.717) is 10.6 Å². The SMILES string of the molecule is Cc1cccc(NC(=O)c2c(N)sc3c2CCCC3)c1. The second kappa shape index (κ2) is 5.29. The highest BCUT2D eigenvalue weighted by atomic mass is 32.1. The lowest BCUT2D eigenvalue weighted by molar-refractivity contribution is 0.102. The molecule has 2 aromatic rings. The molecule has 3 rings (SSSR count). The van der Waals surface area contributed by atoms with Crippen LogP contribution in [0.15, 0.2) is 24.3 Å². The Kier molecular flexibility index (Phi) is 3.49. The van der Waals surface area contributed by atoms with E-state index in [-0.39, 0.29) is 5.91 Å². The third kappa shape index (κ3) is 2.43. The molecule has 0 saturated heterocycles. The predicted octanol–water partition coefficient (Wildman–Crippen LogP) is 3.77. The Hall–Kier alpha value is -1.81. The first-order chi connectivity index (χ1) is 9.65. The Balaban J connectivity index is 1.89. The van der Waals surface area contributed by atoms with E-state index in [1.807, 2.05) is 31.2 Å². The fraction of sp³-hybridized carbons (Fsp3) is 0.312. The standard InChI is InChI=1S/C16H18N2OS/c1-10-5-4-6-11(9-10)18-16(19)14-12-7-2-3-8-13(12)20-15(14)17/h4-6,9H,2-3,7-8,17H2,1H3,(H,18,19). The van der Waals surface area contributed by atoms with Crippen LogP contribution in [0, 0.1) is 6.92 Å². The number of nitrogens with two attached hydrogens (primary N) is 1. The molecule has 3 nitrogen and oxygen atoms in total. The van der Waals surface area contributed by atoms with Gasteiger partial charge in [0.05, 0.1) is 10.6 Å². The molecule has 1 aromatic heterocycles. The highest BCUT2D eigenvalue weighted by molar-refractivity contribution is 7.16. The number of carbonyl (C=O) groups is 1. The third-order valence-corrected chi connectivity index (χ3v) is 4.82. The molecule has 4 heteroatoms. The van der Waals surface area contributed by atoms with Crippen LogP contribution in [0.25, 0.3) is 0 Å². The number of nitrogens with one attached hydrogen (secondary N) is 1. The van der Waals surface area contributed by atoms with Crippen LogP contribution in [0.2, 0.25) is 0 Å². The number of carbonyl (C=O) groups excluding carboxylic acids is 1. The van der Waals surface area contributed by atoms with E-state index in [2.05, 4.69) is 5.32 Å². The predicted molar refractivity (Wildman–Crippen MR) is 84.5 cm³/mol. The van der Waals surface area contributed by atoms with Crippen LogP contribution in [0.4, 0.5) is 10.7 Å². The maximum Gasteiger partial charge on any atom is 0.258 e. The summed E-state index contributed by atoms with van der Waals surface area (Å²) < 4.78 is 0. The number of nitrogen functional groups attached to an aromatic ring is 1. The molecular weight excluding hydrogens is 268 g/mol. The quantitative estimate of drug-likeness (QED) is 0.883. The van der Waals surface area contributed by atoms with Crippen LogP contribution in [0.1, 0.15) is 39.2 Å². The molecule has 20 heavy (non-hydrogen) atoms. The smallest absolute Gasteiger partial charge is 0.258 e. The van der Waals surface area contributed by atoms with Crippen molar-refractivity contribution in [2.45, 2.75) is 32.6 Å². The number of rotatable bonds is 2. The molecule has 0 unspecified atom stereocenters. The number of fused-ring (bicyclic) bond motifs is 1. The number of hydrogen-bond donors (Lipinski definition) is 2. The second-order valence-corrected chi connectivity index (χ2v) is 6.41. The Morgan fingerprint density at radius 1 is 1.30 bits per heavy atom. The van der Waals surface area contributed by atoms with Crippen molar-refractivity contribution in [1.82, 2.24) is 0 Å². The average molecular weight is 286 g/mol. The fourth-order valence-electron chi connectivity index (χ4n) is 2.75. The van der Waals surface area contributed by atoms with Crippen molar-refractivity contribution in [3.63, 3.8) is 0 Å². The minimum Gasteiger partial charge on any atom is -0.390 e. The van der Waals surface area contributed by atoms with Gasteiger partial charge in [-0.15, -0.1) is 11.3 Å². The van der Waals surface area contributed by atoms with Crippen LogP contribution in [-0.4, -0.2) is 5.91 Å². The maximum absolute atomic E-state index is 12.5. The van der Waals surface area contributed by atoms with Gasteiger partial charge in [0.1, 0.15) is 0 Å². The minimum absolute atomic E-state index is 0.0764. The normalized spacial score (nSPS) is 13.8. The van der Waals surface area contributed by atoms with Gasteiger partial charge in [0.2, 0.25) is 0 Å². The van der Waals surface area contributed by atoms with Gasteiger partial charge < -0.3 is 11.1 Å². The van der Waals surface area contributed by atoms with Crippen molar-refractivity contribution >= 4 is 27.9 Å². The van der Waals surface area contributed by atoms with Gasteiger partial charge in [-0.3, -0.25) is 4.79 Å². The van der Waals surface area contributed by atoms with Crippen LogP contribution in [0.3, 0.4) is 0 Å². The van der Waals surface area contributed by atoms with E-state index >= 15 is 0 Å². The van der Waals surface area contributed by atoms with Gasteiger partial charge in [0, 0.05) is 10.6 Å². The molecule has 1 aliphatic rings. The summed E-state index contributed by atoms with van der Waals surface area (Å²) >= 11 is 1.58. The molecular formula is C16H18N2OS. The van der Waals surface area contributed by atoms with E-state index in [4.69, 9.17) is 5.73 Å². The Morgan fingerprint density at radius 2 is 2.10 bits per heavy atom. The summed E-state index contributed by atoms with van der Waals surface area (Å²) in [5.41, 5.74) is 9.89. The van der Waals surface area contributed by atoms with Crippen molar-refractivity contribution in [1.29, 1.82) is 0 Å². The highest BCUT2D eigenvalue weighted by Gasteiger charge is 2.24. The first kappa shape index (κ1) is 13.2. The first-order valence-corrected chi connectivity index (χ1v) is 7.75.